The van der Waals surface area contributed by atoms with E-state index in [0.717, 1.165) is 32.1 Å². The van der Waals surface area contributed by atoms with Crippen LogP contribution in [0, 0.1) is 5.92 Å². The zero-order chi connectivity index (χ0) is 18.9. The summed E-state index contributed by atoms with van der Waals surface area (Å²) in [6, 6.07) is 4.71. The average molecular weight is 363 g/mol. The number of amides is 1. The second-order valence-corrected chi connectivity index (χ2v) is 6.21. The number of ketones is 1. The van der Waals surface area contributed by atoms with E-state index in [1.807, 2.05) is 0 Å². The van der Waals surface area contributed by atoms with Crippen LogP contribution >= 0.6 is 0 Å². The molecule has 1 aromatic carbocycles. The average Bonchev–Trinajstić information content (AvgIpc) is 2.70. The van der Waals surface area contributed by atoms with Gasteiger partial charge in [0.2, 0.25) is 5.91 Å². The van der Waals surface area contributed by atoms with Crippen LogP contribution in [-0.4, -0.2) is 45.0 Å². The Kier molecular flexibility index (Phi) is 7.44. The molecule has 0 atom stereocenters. The molecule has 0 aromatic heterocycles. The Balaban J connectivity index is 1.77. The van der Waals surface area contributed by atoms with E-state index >= 15 is 0 Å². The van der Waals surface area contributed by atoms with E-state index in [0.29, 0.717) is 17.1 Å². The lowest BCUT2D eigenvalue weighted by molar-refractivity contribution is -0.143. The lowest BCUT2D eigenvalue weighted by Crippen LogP contribution is -2.36. The van der Waals surface area contributed by atoms with Gasteiger partial charge < -0.3 is 19.5 Å². The van der Waals surface area contributed by atoms with Crippen LogP contribution in [0.4, 0.5) is 0 Å². The van der Waals surface area contributed by atoms with Crippen molar-refractivity contribution in [1.82, 2.24) is 5.32 Å². The summed E-state index contributed by atoms with van der Waals surface area (Å²) in [5.74, 6) is -0.213. The molecule has 7 heteroatoms. The maximum absolute atomic E-state index is 12.1. The summed E-state index contributed by atoms with van der Waals surface area (Å²) in [6.45, 7) is -0.623. The first-order chi connectivity index (χ1) is 12.5. The van der Waals surface area contributed by atoms with Crippen LogP contribution in [0.15, 0.2) is 18.2 Å². The lowest BCUT2D eigenvalue weighted by Gasteiger charge is -2.20. The summed E-state index contributed by atoms with van der Waals surface area (Å²) in [5, 5.41) is 2.59. The van der Waals surface area contributed by atoms with Crippen molar-refractivity contribution in [2.45, 2.75) is 32.1 Å². The fraction of sp³-hybridized carbons (Fsp3) is 0.526. The quantitative estimate of drug-likeness (QED) is 0.562. The molecular formula is C19H25NO6. The number of Topliss-reactive ketones (excluding diaryl/α,β-unsaturated/α-hetero) is 1. The first-order valence-electron chi connectivity index (χ1n) is 8.73. The number of carbonyl (C=O) groups is 3. The van der Waals surface area contributed by atoms with Crippen molar-refractivity contribution in [3.63, 3.8) is 0 Å². The summed E-state index contributed by atoms with van der Waals surface area (Å²) < 4.78 is 15.2. The zero-order valence-corrected chi connectivity index (χ0v) is 15.2. The molecule has 0 bridgehead atoms. The molecule has 1 aliphatic rings. The van der Waals surface area contributed by atoms with Gasteiger partial charge in [-0.15, -0.1) is 0 Å². The SMILES string of the molecule is COc1ccc(C(=O)COC(=O)CNC(=O)C2CCCCC2)cc1OC. The highest BCUT2D eigenvalue weighted by Gasteiger charge is 2.21. The van der Waals surface area contributed by atoms with Crippen LogP contribution in [-0.2, 0) is 14.3 Å². The van der Waals surface area contributed by atoms with Crippen LogP contribution in [0.5, 0.6) is 11.5 Å². The molecule has 1 aromatic rings. The zero-order valence-electron chi connectivity index (χ0n) is 15.2. The molecule has 2 rings (SSSR count). The number of hydrogen-bond acceptors (Lipinski definition) is 6. The molecule has 0 saturated heterocycles. The molecular weight excluding hydrogens is 338 g/mol. The molecule has 1 fully saturated rings. The maximum Gasteiger partial charge on any atom is 0.325 e. The van der Waals surface area contributed by atoms with Crippen LogP contribution < -0.4 is 14.8 Å². The largest absolute Gasteiger partial charge is 0.493 e. The minimum Gasteiger partial charge on any atom is -0.493 e. The van der Waals surface area contributed by atoms with Crippen molar-refractivity contribution in [2.75, 3.05) is 27.4 Å². The predicted molar refractivity (Wildman–Crippen MR) is 94.4 cm³/mol. The standard InChI is InChI=1S/C19H25NO6/c1-24-16-9-8-14(10-17(16)25-2)15(21)12-26-18(22)11-20-19(23)13-6-4-3-5-7-13/h8-10,13H,3-7,11-12H2,1-2H3,(H,20,23). The van der Waals surface area contributed by atoms with E-state index in [9.17, 15) is 14.4 Å². The second kappa shape index (κ2) is 9.79. The van der Waals surface area contributed by atoms with Crippen molar-refractivity contribution < 1.29 is 28.6 Å². The number of hydrogen-bond donors (Lipinski definition) is 1. The third-order valence-corrected chi connectivity index (χ3v) is 4.45. The molecule has 1 amide bonds. The van der Waals surface area contributed by atoms with Gasteiger partial charge in [-0.3, -0.25) is 14.4 Å². The van der Waals surface area contributed by atoms with Gasteiger partial charge in [0.25, 0.3) is 0 Å². The van der Waals surface area contributed by atoms with Crippen molar-refractivity contribution in [2.24, 2.45) is 5.92 Å². The Morgan fingerprint density at radius 3 is 2.38 bits per heavy atom. The predicted octanol–water partition coefficient (Wildman–Crippen LogP) is 2.13. The molecule has 0 aliphatic heterocycles. The fourth-order valence-electron chi connectivity index (χ4n) is 2.96. The molecule has 0 spiro atoms. The molecule has 26 heavy (non-hydrogen) atoms. The van der Waals surface area contributed by atoms with Crippen molar-refractivity contribution >= 4 is 17.7 Å². The highest BCUT2D eigenvalue weighted by atomic mass is 16.5. The van der Waals surface area contributed by atoms with E-state index in [4.69, 9.17) is 14.2 Å². The normalized spacial score (nSPS) is 14.4. The number of benzene rings is 1. The van der Waals surface area contributed by atoms with E-state index in [-0.39, 0.29) is 24.2 Å². The minimum atomic E-state index is -0.636. The number of carbonyl (C=O) groups excluding carboxylic acids is 3. The van der Waals surface area contributed by atoms with Crippen LogP contribution in [0.1, 0.15) is 42.5 Å². The number of nitrogens with one attached hydrogen (secondary N) is 1. The third kappa shape index (κ3) is 5.47. The van der Waals surface area contributed by atoms with Gasteiger partial charge in [0.05, 0.1) is 14.2 Å². The Morgan fingerprint density at radius 1 is 1.04 bits per heavy atom. The highest BCUT2D eigenvalue weighted by molar-refractivity contribution is 5.98. The second-order valence-electron chi connectivity index (χ2n) is 6.21. The Labute approximate surface area is 153 Å². The van der Waals surface area contributed by atoms with Crippen LogP contribution in [0.2, 0.25) is 0 Å². The monoisotopic (exact) mass is 363 g/mol. The topological polar surface area (TPSA) is 90.9 Å². The number of esters is 1. The van der Waals surface area contributed by atoms with E-state index in [1.54, 1.807) is 12.1 Å². The molecule has 1 aliphatic carbocycles. The molecule has 0 heterocycles. The molecule has 1 N–H and O–H groups in total. The number of ether oxygens (including phenoxy) is 3. The summed E-state index contributed by atoms with van der Waals surface area (Å²) in [7, 11) is 2.98. The van der Waals surface area contributed by atoms with Gasteiger partial charge in [0, 0.05) is 11.5 Å². The fourth-order valence-corrected chi connectivity index (χ4v) is 2.96. The van der Waals surface area contributed by atoms with Gasteiger partial charge in [-0.1, -0.05) is 19.3 Å². The lowest BCUT2D eigenvalue weighted by atomic mass is 9.89. The van der Waals surface area contributed by atoms with Gasteiger partial charge in [0.1, 0.15) is 6.54 Å². The number of rotatable bonds is 8. The third-order valence-electron chi connectivity index (χ3n) is 4.45. The smallest absolute Gasteiger partial charge is 0.325 e. The van der Waals surface area contributed by atoms with Crippen molar-refractivity contribution in [3.8, 4) is 11.5 Å². The van der Waals surface area contributed by atoms with Gasteiger partial charge in [0.15, 0.2) is 23.9 Å². The molecule has 0 unspecified atom stereocenters. The van der Waals surface area contributed by atoms with Crippen LogP contribution in [0.3, 0.4) is 0 Å². The van der Waals surface area contributed by atoms with E-state index in [2.05, 4.69) is 5.32 Å². The van der Waals surface area contributed by atoms with Gasteiger partial charge in [-0.05, 0) is 31.0 Å². The first-order valence-corrected chi connectivity index (χ1v) is 8.73. The summed E-state index contributed by atoms with van der Waals surface area (Å²) in [5.41, 5.74) is 0.349. The van der Waals surface area contributed by atoms with Gasteiger partial charge in [-0.25, -0.2) is 0 Å². The van der Waals surface area contributed by atoms with Crippen molar-refractivity contribution in [1.29, 1.82) is 0 Å². The summed E-state index contributed by atoms with van der Waals surface area (Å²) in [4.78, 5) is 35.9. The first kappa shape index (κ1) is 19.8. The Morgan fingerprint density at radius 2 is 1.73 bits per heavy atom. The van der Waals surface area contributed by atoms with E-state index in [1.165, 1.54) is 20.3 Å². The molecule has 142 valence electrons. The van der Waals surface area contributed by atoms with Crippen molar-refractivity contribution in [3.05, 3.63) is 23.8 Å². The maximum atomic E-state index is 12.1. The van der Waals surface area contributed by atoms with Crippen LogP contribution in [0.25, 0.3) is 0 Å². The highest BCUT2D eigenvalue weighted by Crippen LogP contribution is 2.27. The molecule has 0 radical (unpaired) electrons. The van der Waals surface area contributed by atoms with Gasteiger partial charge >= 0.3 is 5.97 Å². The molecule has 7 nitrogen and oxygen atoms in total. The summed E-state index contributed by atoms with van der Waals surface area (Å²) in [6.07, 6.45) is 4.96. The van der Waals surface area contributed by atoms with E-state index < -0.39 is 12.6 Å². The number of methoxy groups -OCH3 is 2. The minimum absolute atomic E-state index is 0.0232. The Hall–Kier alpha value is -2.57. The Bertz CT molecular complexity index is 651. The molecule has 1 saturated carbocycles. The summed E-state index contributed by atoms with van der Waals surface area (Å²) >= 11 is 0. The van der Waals surface area contributed by atoms with Gasteiger partial charge in [-0.2, -0.15) is 0 Å².